The molecule has 1 nitrogen and oxygen atoms in total. The monoisotopic (exact) mass is 223 g/mol. The summed E-state index contributed by atoms with van der Waals surface area (Å²) in [5, 5.41) is 8.10. The van der Waals surface area contributed by atoms with Crippen molar-refractivity contribution in [2.45, 2.75) is 45.1 Å². The van der Waals surface area contributed by atoms with Gasteiger partial charge in [0, 0.05) is 6.04 Å². The minimum absolute atomic E-state index is 0.601. The molecule has 1 aromatic heterocycles. The van der Waals surface area contributed by atoms with Crippen LogP contribution in [0.15, 0.2) is 16.8 Å². The molecule has 1 unspecified atom stereocenters. The summed E-state index contributed by atoms with van der Waals surface area (Å²) in [5.41, 5.74) is 1.49. The zero-order chi connectivity index (χ0) is 10.5. The molecule has 2 heteroatoms. The van der Waals surface area contributed by atoms with Gasteiger partial charge in [-0.25, -0.2) is 0 Å². The maximum Gasteiger partial charge on any atom is 0.0331 e. The number of thiophene rings is 1. The lowest BCUT2D eigenvalue weighted by atomic mass is 9.95. The molecule has 0 radical (unpaired) electrons. The Kier molecular flexibility index (Phi) is 4.21. The predicted octanol–water partition coefficient (Wildman–Crippen LogP) is 3.98. The van der Waals surface area contributed by atoms with Crippen LogP contribution < -0.4 is 5.32 Å². The van der Waals surface area contributed by atoms with Crippen LogP contribution in [0.5, 0.6) is 0 Å². The Hall–Kier alpha value is -0.340. The van der Waals surface area contributed by atoms with Crippen LogP contribution in [0, 0.1) is 5.92 Å². The summed E-state index contributed by atoms with van der Waals surface area (Å²) in [4.78, 5) is 0. The second-order valence-corrected chi connectivity index (χ2v) is 5.33. The van der Waals surface area contributed by atoms with Gasteiger partial charge in [0.2, 0.25) is 0 Å². The first kappa shape index (κ1) is 11.2. The average molecular weight is 223 g/mol. The molecule has 1 atom stereocenters. The summed E-state index contributed by atoms with van der Waals surface area (Å²) in [5.74, 6) is 0.967. The van der Waals surface area contributed by atoms with Crippen molar-refractivity contribution in [1.82, 2.24) is 5.32 Å². The molecule has 1 aromatic rings. The normalized spacial score (nSPS) is 19.5. The fourth-order valence-electron chi connectivity index (χ4n) is 2.64. The van der Waals surface area contributed by atoms with Gasteiger partial charge in [-0.2, -0.15) is 11.3 Å². The van der Waals surface area contributed by atoms with Crippen LogP contribution in [-0.2, 0) is 0 Å². The van der Waals surface area contributed by atoms with E-state index in [0.717, 1.165) is 12.5 Å². The summed E-state index contributed by atoms with van der Waals surface area (Å²) in [6.45, 7) is 3.28. The molecule has 1 saturated carbocycles. The van der Waals surface area contributed by atoms with E-state index in [1.165, 1.54) is 37.7 Å². The molecule has 1 heterocycles. The Morgan fingerprint density at radius 3 is 2.87 bits per heavy atom. The van der Waals surface area contributed by atoms with Gasteiger partial charge in [-0.05, 0) is 41.3 Å². The number of hydrogen-bond donors (Lipinski definition) is 1. The number of hydrogen-bond acceptors (Lipinski definition) is 2. The second-order valence-electron chi connectivity index (χ2n) is 4.55. The third kappa shape index (κ3) is 3.05. The van der Waals surface area contributed by atoms with Crippen molar-refractivity contribution < 1.29 is 0 Å². The van der Waals surface area contributed by atoms with Crippen LogP contribution in [0.3, 0.4) is 0 Å². The Morgan fingerprint density at radius 1 is 1.47 bits per heavy atom. The van der Waals surface area contributed by atoms with Crippen molar-refractivity contribution in [3.8, 4) is 0 Å². The molecule has 0 spiro atoms. The molecule has 0 amide bonds. The van der Waals surface area contributed by atoms with Gasteiger partial charge in [0.1, 0.15) is 0 Å². The van der Waals surface area contributed by atoms with Crippen molar-refractivity contribution in [2.75, 3.05) is 6.54 Å². The van der Waals surface area contributed by atoms with Crippen LogP contribution in [0.2, 0.25) is 0 Å². The summed E-state index contributed by atoms with van der Waals surface area (Å²) in [6, 6.07) is 2.87. The molecule has 84 valence electrons. The lowest BCUT2D eigenvalue weighted by Gasteiger charge is -2.20. The van der Waals surface area contributed by atoms with Crippen LogP contribution in [0.4, 0.5) is 0 Å². The molecule has 0 aliphatic heterocycles. The van der Waals surface area contributed by atoms with Gasteiger partial charge in [0.25, 0.3) is 0 Å². The zero-order valence-electron chi connectivity index (χ0n) is 9.54. The van der Waals surface area contributed by atoms with Gasteiger partial charge in [-0.1, -0.05) is 32.6 Å². The lowest BCUT2D eigenvalue weighted by Crippen LogP contribution is -2.22. The first-order chi connectivity index (χ1) is 7.40. The lowest BCUT2D eigenvalue weighted by molar-refractivity contribution is 0.401. The quantitative estimate of drug-likeness (QED) is 0.796. The zero-order valence-corrected chi connectivity index (χ0v) is 10.4. The summed E-state index contributed by atoms with van der Waals surface area (Å²) in [7, 11) is 0. The molecule has 1 aliphatic carbocycles. The molecule has 0 bridgehead atoms. The molecule has 15 heavy (non-hydrogen) atoms. The SMILES string of the molecule is CCNC(CC1CCCC1)c1ccsc1. The highest BCUT2D eigenvalue weighted by Crippen LogP contribution is 2.33. The molecular weight excluding hydrogens is 202 g/mol. The molecule has 1 fully saturated rings. The smallest absolute Gasteiger partial charge is 0.0331 e. The van der Waals surface area contributed by atoms with Crippen molar-refractivity contribution in [3.05, 3.63) is 22.4 Å². The number of nitrogens with one attached hydrogen (secondary N) is 1. The van der Waals surface area contributed by atoms with Crippen molar-refractivity contribution in [2.24, 2.45) is 5.92 Å². The maximum atomic E-state index is 3.62. The Balaban J connectivity index is 1.93. The molecule has 2 rings (SSSR count). The topological polar surface area (TPSA) is 12.0 Å². The average Bonchev–Trinajstić information content (AvgIpc) is 2.89. The van der Waals surface area contributed by atoms with E-state index in [9.17, 15) is 0 Å². The van der Waals surface area contributed by atoms with E-state index >= 15 is 0 Å². The first-order valence-corrected chi connectivity index (χ1v) is 7.10. The second kappa shape index (κ2) is 5.66. The van der Waals surface area contributed by atoms with Crippen molar-refractivity contribution in [3.63, 3.8) is 0 Å². The van der Waals surface area contributed by atoms with E-state index < -0.39 is 0 Å². The Morgan fingerprint density at radius 2 is 2.27 bits per heavy atom. The highest BCUT2D eigenvalue weighted by Gasteiger charge is 2.20. The van der Waals surface area contributed by atoms with E-state index in [1.807, 2.05) is 11.3 Å². The number of rotatable bonds is 5. The summed E-state index contributed by atoms with van der Waals surface area (Å²) >= 11 is 1.81. The fraction of sp³-hybridized carbons (Fsp3) is 0.692. The highest BCUT2D eigenvalue weighted by molar-refractivity contribution is 7.07. The van der Waals surface area contributed by atoms with E-state index in [0.29, 0.717) is 6.04 Å². The van der Waals surface area contributed by atoms with Crippen LogP contribution in [0.25, 0.3) is 0 Å². The summed E-state index contributed by atoms with van der Waals surface area (Å²) in [6.07, 6.45) is 7.14. The molecule has 0 aromatic carbocycles. The molecule has 1 aliphatic rings. The Bertz CT molecular complexity index is 262. The van der Waals surface area contributed by atoms with Crippen molar-refractivity contribution >= 4 is 11.3 Å². The summed E-state index contributed by atoms with van der Waals surface area (Å²) < 4.78 is 0. The Labute approximate surface area is 96.9 Å². The minimum atomic E-state index is 0.601. The predicted molar refractivity (Wildman–Crippen MR) is 67.3 cm³/mol. The maximum absolute atomic E-state index is 3.62. The van der Waals surface area contributed by atoms with Crippen molar-refractivity contribution in [1.29, 1.82) is 0 Å². The first-order valence-electron chi connectivity index (χ1n) is 6.15. The van der Waals surface area contributed by atoms with Gasteiger partial charge in [0.05, 0.1) is 0 Å². The molecular formula is C13H21NS. The van der Waals surface area contributed by atoms with Gasteiger partial charge in [-0.15, -0.1) is 0 Å². The van der Waals surface area contributed by atoms with Crippen LogP contribution in [-0.4, -0.2) is 6.54 Å². The van der Waals surface area contributed by atoms with Gasteiger partial charge < -0.3 is 5.32 Å². The third-order valence-electron chi connectivity index (χ3n) is 3.44. The third-order valence-corrected chi connectivity index (χ3v) is 4.14. The largest absolute Gasteiger partial charge is 0.310 e. The van der Waals surface area contributed by atoms with Gasteiger partial charge in [-0.3, -0.25) is 0 Å². The van der Waals surface area contributed by atoms with Gasteiger partial charge >= 0.3 is 0 Å². The van der Waals surface area contributed by atoms with E-state index in [-0.39, 0.29) is 0 Å². The van der Waals surface area contributed by atoms with E-state index in [4.69, 9.17) is 0 Å². The van der Waals surface area contributed by atoms with Crippen LogP contribution >= 0.6 is 11.3 Å². The fourth-order valence-corrected chi connectivity index (χ4v) is 3.35. The molecule has 0 saturated heterocycles. The van der Waals surface area contributed by atoms with Crippen LogP contribution in [0.1, 0.15) is 50.6 Å². The highest BCUT2D eigenvalue weighted by atomic mass is 32.1. The standard InChI is InChI=1S/C13H21NS/c1-2-14-13(12-7-8-15-10-12)9-11-5-3-4-6-11/h7-8,10-11,13-14H,2-6,9H2,1H3. The van der Waals surface area contributed by atoms with Gasteiger partial charge in [0.15, 0.2) is 0 Å². The minimum Gasteiger partial charge on any atom is -0.310 e. The molecule has 1 N–H and O–H groups in total. The van der Waals surface area contributed by atoms with E-state index in [2.05, 4.69) is 29.1 Å². The van der Waals surface area contributed by atoms with E-state index in [1.54, 1.807) is 0 Å².